The number of aryl methyl sites for hydroxylation is 2. The number of rotatable bonds is 6. The Balaban J connectivity index is 1.39. The summed E-state index contributed by atoms with van der Waals surface area (Å²) in [6.45, 7) is 3.79. The fraction of sp³-hybridized carbons (Fsp3) is 0.200. The zero-order valence-corrected chi connectivity index (χ0v) is 18.3. The minimum absolute atomic E-state index is 0.0437. The Bertz CT molecular complexity index is 1220. The van der Waals surface area contributed by atoms with Crippen LogP contribution in [0.3, 0.4) is 0 Å². The third-order valence-corrected chi connectivity index (χ3v) is 5.54. The highest BCUT2D eigenvalue weighted by atomic mass is 16.6. The topological polar surface area (TPSA) is 102 Å². The van der Waals surface area contributed by atoms with Gasteiger partial charge in [-0.2, -0.15) is 0 Å². The minimum atomic E-state index is -0.555. The smallest absolute Gasteiger partial charge is 0.274 e. The average molecular weight is 445 g/mol. The molecule has 33 heavy (non-hydrogen) atoms. The predicted octanol–water partition coefficient (Wildman–Crippen LogP) is 5.00. The molecule has 1 N–H and O–H groups in total. The second-order valence-electron chi connectivity index (χ2n) is 8.07. The van der Waals surface area contributed by atoms with Crippen LogP contribution in [0.1, 0.15) is 17.5 Å². The van der Waals surface area contributed by atoms with Crippen LogP contribution in [0.2, 0.25) is 0 Å². The molecule has 4 rings (SSSR count). The molecule has 0 spiro atoms. The molecular weight excluding hydrogens is 422 g/mol. The molecule has 2 amide bonds. The zero-order valence-electron chi connectivity index (χ0n) is 18.3. The van der Waals surface area contributed by atoms with E-state index in [1.807, 2.05) is 31.2 Å². The van der Waals surface area contributed by atoms with Gasteiger partial charge in [0.25, 0.3) is 5.69 Å². The fourth-order valence-corrected chi connectivity index (χ4v) is 3.76. The molecule has 0 bridgehead atoms. The van der Waals surface area contributed by atoms with Gasteiger partial charge in [0.15, 0.2) is 0 Å². The summed E-state index contributed by atoms with van der Waals surface area (Å²) in [6.07, 6.45) is 0.0437. The van der Waals surface area contributed by atoms with Crippen molar-refractivity contribution < 1.29 is 19.2 Å². The van der Waals surface area contributed by atoms with Crippen molar-refractivity contribution in [2.24, 2.45) is 5.92 Å². The summed E-state index contributed by atoms with van der Waals surface area (Å²) >= 11 is 0. The number of nitrogens with one attached hydrogen (secondary N) is 1. The highest BCUT2D eigenvalue weighted by molar-refractivity contribution is 6.03. The molecule has 8 heteroatoms. The second-order valence-corrected chi connectivity index (χ2v) is 8.07. The van der Waals surface area contributed by atoms with Crippen LogP contribution in [0.25, 0.3) is 0 Å². The number of ether oxygens (including phenoxy) is 1. The van der Waals surface area contributed by atoms with Crippen molar-refractivity contribution in [3.05, 3.63) is 88.0 Å². The van der Waals surface area contributed by atoms with Gasteiger partial charge in [0.2, 0.25) is 11.8 Å². The number of nitrogens with zero attached hydrogens (tertiary/aromatic N) is 2. The van der Waals surface area contributed by atoms with Gasteiger partial charge in [-0.25, -0.2) is 0 Å². The van der Waals surface area contributed by atoms with Crippen LogP contribution in [0.5, 0.6) is 11.5 Å². The summed E-state index contributed by atoms with van der Waals surface area (Å²) in [6, 6.07) is 19.3. The van der Waals surface area contributed by atoms with Crippen LogP contribution >= 0.6 is 0 Å². The molecule has 1 aliphatic rings. The van der Waals surface area contributed by atoms with Crippen molar-refractivity contribution in [1.29, 1.82) is 0 Å². The molecule has 3 aromatic carbocycles. The Kier molecular flexibility index (Phi) is 6.08. The van der Waals surface area contributed by atoms with Gasteiger partial charge in [0, 0.05) is 30.3 Å². The van der Waals surface area contributed by atoms with Crippen LogP contribution in [-0.4, -0.2) is 23.3 Å². The van der Waals surface area contributed by atoms with Crippen LogP contribution in [-0.2, 0) is 9.59 Å². The number of nitro groups is 1. The van der Waals surface area contributed by atoms with Gasteiger partial charge in [-0.05, 0) is 61.9 Å². The van der Waals surface area contributed by atoms with Crippen LogP contribution in [0, 0.1) is 29.9 Å². The first kappa shape index (κ1) is 22.0. The number of benzene rings is 3. The van der Waals surface area contributed by atoms with Gasteiger partial charge >= 0.3 is 0 Å². The monoisotopic (exact) mass is 445 g/mol. The SMILES string of the molecule is Cc1cccc(Oc2ccc(NC(=O)[C@@H]3CC(=O)N(c4ccc(C)c([N+](=O)[O-])c4)C3)cc2)c1. The molecule has 1 aliphatic heterocycles. The van der Waals surface area contributed by atoms with Gasteiger partial charge in [-0.15, -0.1) is 0 Å². The standard InChI is InChI=1S/C25H23N3O5/c1-16-4-3-5-22(12-16)33-21-10-7-19(8-11-21)26-25(30)18-13-24(29)27(15-18)20-9-6-17(2)23(14-20)28(31)32/h3-12,14,18H,13,15H2,1-2H3,(H,26,30)/t18-/m1/s1. The number of hydrogen-bond donors (Lipinski definition) is 1. The number of carbonyl (C=O) groups excluding carboxylic acids is 2. The molecule has 3 aromatic rings. The van der Waals surface area contributed by atoms with Crippen molar-refractivity contribution in [3.8, 4) is 11.5 Å². The Morgan fingerprint density at radius 1 is 1.06 bits per heavy atom. The number of carbonyl (C=O) groups is 2. The van der Waals surface area contributed by atoms with Crippen molar-refractivity contribution in [1.82, 2.24) is 0 Å². The van der Waals surface area contributed by atoms with E-state index in [9.17, 15) is 19.7 Å². The highest BCUT2D eigenvalue weighted by Gasteiger charge is 2.35. The molecule has 1 heterocycles. The van der Waals surface area contributed by atoms with Crippen LogP contribution in [0.4, 0.5) is 17.1 Å². The van der Waals surface area contributed by atoms with Gasteiger partial charge in [0.1, 0.15) is 11.5 Å². The Hall–Kier alpha value is -4.20. The summed E-state index contributed by atoms with van der Waals surface area (Å²) in [7, 11) is 0. The molecule has 0 saturated carbocycles. The maximum absolute atomic E-state index is 12.8. The fourth-order valence-electron chi connectivity index (χ4n) is 3.76. The van der Waals surface area contributed by atoms with Gasteiger partial charge in [-0.3, -0.25) is 19.7 Å². The van der Waals surface area contributed by atoms with Crippen molar-refractivity contribution >= 4 is 28.9 Å². The lowest BCUT2D eigenvalue weighted by Gasteiger charge is -2.17. The lowest BCUT2D eigenvalue weighted by molar-refractivity contribution is -0.385. The third-order valence-electron chi connectivity index (χ3n) is 5.54. The number of hydrogen-bond acceptors (Lipinski definition) is 5. The third kappa shape index (κ3) is 5.01. The van der Waals surface area contributed by atoms with Crippen molar-refractivity contribution in [2.75, 3.05) is 16.8 Å². The normalized spacial score (nSPS) is 15.4. The number of amides is 2. The first-order valence-electron chi connectivity index (χ1n) is 10.5. The summed E-state index contributed by atoms with van der Waals surface area (Å²) in [4.78, 5) is 37.4. The van der Waals surface area contributed by atoms with E-state index in [1.165, 1.54) is 11.0 Å². The Morgan fingerprint density at radius 2 is 1.82 bits per heavy atom. The molecule has 8 nitrogen and oxygen atoms in total. The molecule has 1 fully saturated rings. The van der Waals surface area contributed by atoms with E-state index in [0.717, 1.165) is 11.3 Å². The van der Waals surface area contributed by atoms with E-state index in [2.05, 4.69) is 5.32 Å². The molecule has 0 radical (unpaired) electrons. The molecule has 1 atom stereocenters. The maximum Gasteiger partial charge on any atom is 0.274 e. The molecule has 0 aliphatic carbocycles. The first-order chi connectivity index (χ1) is 15.8. The lowest BCUT2D eigenvalue weighted by atomic mass is 10.1. The summed E-state index contributed by atoms with van der Waals surface area (Å²) in [5.41, 5.74) is 2.57. The quantitative estimate of drug-likeness (QED) is 0.425. The van der Waals surface area contributed by atoms with Crippen LogP contribution < -0.4 is 15.0 Å². The molecule has 0 unspecified atom stereocenters. The summed E-state index contributed by atoms with van der Waals surface area (Å²) < 4.78 is 5.82. The van der Waals surface area contributed by atoms with Crippen molar-refractivity contribution in [3.63, 3.8) is 0 Å². The Labute approximate surface area is 190 Å². The Morgan fingerprint density at radius 3 is 2.52 bits per heavy atom. The van der Waals surface area contributed by atoms with E-state index in [4.69, 9.17) is 4.74 Å². The molecule has 1 saturated heterocycles. The van der Waals surface area contributed by atoms with E-state index >= 15 is 0 Å². The van der Waals surface area contributed by atoms with Crippen molar-refractivity contribution in [2.45, 2.75) is 20.3 Å². The first-order valence-corrected chi connectivity index (χ1v) is 10.5. The lowest BCUT2D eigenvalue weighted by Crippen LogP contribution is -2.28. The molecule has 168 valence electrons. The number of anilines is 2. The van der Waals surface area contributed by atoms with Gasteiger partial charge in [-0.1, -0.05) is 18.2 Å². The second kappa shape index (κ2) is 9.12. The van der Waals surface area contributed by atoms with E-state index in [1.54, 1.807) is 43.3 Å². The van der Waals surface area contributed by atoms with E-state index in [-0.39, 0.29) is 30.5 Å². The average Bonchev–Trinajstić information content (AvgIpc) is 3.17. The van der Waals surface area contributed by atoms with Gasteiger partial charge < -0.3 is 15.0 Å². The van der Waals surface area contributed by atoms with Crippen LogP contribution in [0.15, 0.2) is 66.7 Å². The van der Waals surface area contributed by atoms with Gasteiger partial charge in [0.05, 0.1) is 16.5 Å². The van der Waals surface area contributed by atoms with E-state index < -0.39 is 10.8 Å². The summed E-state index contributed by atoms with van der Waals surface area (Å²) in [5, 5.41) is 14.1. The summed E-state index contributed by atoms with van der Waals surface area (Å²) in [5.74, 6) is 0.297. The maximum atomic E-state index is 12.8. The minimum Gasteiger partial charge on any atom is -0.457 e. The number of nitro benzene ring substituents is 1. The highest BCUT2D eigenvalue weighted by Crippen LogP contribution is 2.31. The molecule has 0 aromatic heterocycles. The van der Waals surface area contributed by atoms with E-state index in [0.29, 0.717) is 22.7 Å². The molecular formula is C25H23N3O5. The largest absolute Gasteiger partial charge is 0.457 e. The zero-order chi connectivity index (χ0) is 23.5. The predicted molar refractivity (Wildman–Crippen MR) is 125 cm³/mol.